The molecule has 0 aromatic carbocycles. The number of hydrogen-bond donors (Lipinski definition) is 2. The lowest BCUT2D eigenvalue weighted by atomic mass is 10.1. The van der Waals surface area contributed by atoms with Gasteiger partial charge in [-0.25, -0.2) is 4.79 Å². The van der Waals surface area contributed by atoms with E-state index in [2.05, 4.69) is 5.32 Å². The maximum atomic E-state index is 12.4. The normalized spacial score (nSPS) is 33.5. The highest BCUT2D eigenvalue weighted by atomic mass is 16.5. The molecule has 0 unspecified atom stereocenters. The van der Waals surface area contributed by atoms with Crippen molar-refractivity contribution in [2.45, 2.75) is 69.6 Å². The van der Waals surface area contributed by atoms with Crippen LogP contribution in [0.15, 0.2) is 0 Å². The third-order valence-corrected chi connectivity index (χ3v) is 5.04. The van der Waals surface area contributed by atoms with E-state index in [-0.39, 0.29) is 30.2 Å². The largest absolute Gasteiger partial charge is 0.393 e. The van der Waals surface area contributed by atoms with Gasteiger partial charge in [-0.1, -0.05) is 25.7 Å². The molecule has 21 heavy (non-hydrogen) atoms. The van der Waals surface area contributed by atoms with Crippen LogP contribution in [-0.4, -0.2) is 55.0 Å². The van der Waals surface area contributed by atoms with Crippen molar-refractivity contribution in [1.82, 2.24) is 10.2 Å². The zero-order chi connectivity index (χ0) is 15.2. The summed E-state index contributed by atoms with van der Waals surface area (Å²) >= 11 is 0. The Labute approximate surface area is 128 Å². The minimum absolute atomic E-state index is 0.0388. The Morgan fingerprint density at radius 3 is 2.62 bits per heavy atom. The smallest absolute Gasteiger partial charge is 0.317 e. The van der Waals surface area contributed by atoms with Gasteiger partial charge < -0.3 is 20.1 Å². The van der Waals surface area contributed by atoms with E-state index in [4.69, 9.17) is 4.74 Å². The topological polar surface area (TPSA) is 61.8 Å². The zero-order valence-electron chi connectivity index (χ0n) is 13.4. The molecule has 5 heteroatoms. The molecule has 2 aliphatic rings. The van der Waals surface area contributed by atoms with E-state index in [1.54, 1.807) is 12.0 Å². The number of aliphatic hydroxyl groups is 1. The second kappa shape index (κ2) is 7.99. The number of carbonyl (C=O) groups is 1. The average molecular weight is 298 g/mol. The standard InChI is InChI=1S/C16H30N2O3/c1-18(11-12-7-6-9-14(12)19)16(20)17-13-8-4-3-5-10-15(13)21-2/h12-15,19H,3-11H2,1-2H3,(H,17,20)/t12-,13-,14-,15+/m0/s1. The van der Waals surface area contributed by atoms with Crippen LogP contribution in [0.3, 0.4) is 0 Å². The molecule has 0 heterocycles. The van der Waals surface area contributed by atoms with Crippen molar-refractivity contribution >= 4 is 6.03 Å². The molecule has 2 N–H and O–H groups in total. The van der Waals surface area contributed by atoms with Gasteiger partial charge in [-0.2, -0.15) is 0 Å². The maximum absolute atomic E-state index is 12.4. The SMILES string of the molecule is CO[C@@H]1CCCCC[C@@H]1NC(=O)N(C)C[C@@H]1CCC[C@@H]1O. The summed E-state index contributed by atoms with van der Waals surface area (Å²) in [6.45, 7) is 0.636. The molecule has 0 aromatic rings. The van der Waals surface area contributed by atoms with Crippen LogP contribution in [0.2, 0.25) is 0 Å². The first-order valence-electron chi connectivity index (χ1n) is 8.34. The molecule has 0 aliphatic heterocycles. The Bertz CT molecular complexity index is 337. The summed E-state index contributed by atoms with van der Waals surface area (Å²) in [5, 5.41) is 13.0. The van der Waals surface area contributed by atoms with Gasteiger partial charge in [0.05, 0.1) is 18.2 Å². The van der Waals surface area contributed by atoms with Crippen molar-refractivity contribution in [3.63, 3.8) is 0 Å². The lowest BCUT2D eigenvalue weighted by molar-refractivity contribution is 0.0627. The Morgan fingerprint density at radius 1 is 1.19 bits per heavy atom. The number of ether oxygens (including phenoxy) is 1. The van der Waals surface area contributed by atoms with Gasteiger partial charge in [0.1, 0.15) is 0 Å². The van der Waals surface area contributed by atoms with Gasteiger partial charge in [-0.15, -0.1) is 0 Å². The first kappa shape index (κ1) is 16.6. The van der Waals surface area contributed by atoms with Gasteiger partial charge in [0.25, 0.3) is 0 Å². The van der Waals surface area contributed by atoms with E-state index in [1.807, 2.05) is 7.05 Å². The van der Waals surface area contributed by atoms with Crippen LogP contribution in [0.25, 0.3) is 0 Å². The minimum atomic E-state index is -0.246. The highest BCUT2D eigenvalue weighted by Gasteiger charge is 2.29. The lowest BCUT2D eigenvalue weighted by Gasteiger charge is -2.29. The van der Waals surface area contributed by atoms with Gasteiger partial charge in [0.2, 0.25) is 0 Å². The van der Waals surface area contributed by atoms with Gasteiger partial charge >= 0.3 is 6.03 Å². The fourth-order valence-electron chi connectivity index (χ4n) is 3.65. The summed E-state index contributed by atoms with van der Waals surface area (Å²) in [5.74, 6) is 0.230. The van der Waals surface area contributed by atoms with Crippen LogP contribution >= 0.6 is 0 Å². The number of amides is 2. The fraction of sp³-hybridized carbons (Fsp3) is 0.938. The maximum Gasteiger partial charge on any atom is 0.317 e. The number of methoxy groups -OCH3 is 1. The molecular formula is C16H30N2O3. The second-order valence-electron chi connectivity index (χ2n) is 6.61. The Kier molecular flexibility index (Phi) is 6.30. The van der Waals surface area contributed by atoms with E-state index in [1.165, 1.54) is 12.8 Å². The number of rotatable bonds is 4. The van der Waals surface area contributed by atoms with E-state index in [0.29, 0.717) is 6.54 Å². The van der Waals surface area contributed by atoms with Gasteiger partial charge in [-0.05, 0) is 25.7 Å². The van der Waals surface area contributed by atoms with Crippen molar-refractivity contribution in [2.75, 3.05) is 20.7 Å². The van der Waals surface area contributed by atoms with Crippen LogP contribution in [-0.2, 0) is 4.74 Å². The minimum Gasteiger partial charge on any atom is -0.393 e. The molecule has 0 saturated heterocycles. The molecular weight excluding hydrogens is 268 g/mol. The van der Waals surface area contributed by atoms with Crippen molar-refractivity contribution in [2.24, 2.45) is 5.92 Å². The summed E-state index contributed by atoms with van der Waals surface area (Å²) in [7, 11) is 3.55. The number of aliphatic hydroxyl groups excluding tert-OH is 1. The van der Waals surface area contributed by atoms with Crippen molar-refractivity contribution < 1.29 is 14.6 Å². The summed E-state index contributed by atoms with van der Waals surface area (Å²) in [6.07, 6.45) is 8.39. The van der Waals surface area contributed by atoms with Crippen molar-refractivity contribution in [1.29, 1.82) is 0 Å². The zero-order valence-corrected chi connectivity index (χ0v) is 13.4. The third kappa shape index (κ3) is 4.58. The van der Waals surface area contributed by atoms with Crippen molar-refractivity contribution in [3.8, 4) is 0 Å². The molecule has 4 atom stereocenters. The fourth-order valence-corrected chi connectivity index (χ4v) is 3.65. The first-order chi connectivity index (χ1) is 10.1. The number of urea groups is 1. The van der Waals surface area contributed by atoms with Crippen LogP contribution in [0.1, 0.15) is 51.4 Å². The predicted molar refractivity (Wildman–Crippen MR) is 82.2 cm³/mol. The van der Waals surface area contributed by atoms with Crippen molar-refractivity contribution in [3.05, 3.63) is 0 Å². The molecule has 2 fully saturated rings. The van der Waals surface area contributed by atoms with Crippen LogP contribution < -0.4 is 5.32 Å². The molecule has 5 nitrogen and oxygen atoms in total. The van der Waals surface area contributed by atoms with Crippen LogP contribution in [0.4, 0.5) is 4.79 Å². The summed E-state index contributed by atoms with van der Waals surface area (Å²) in [4.78, 5) is 14.1. The Morgan fingerprint density at radius 2 is 1.95 bits per heavy atom. The van der Waals surface area contributed by atoms with E-state index >= 15 is 0 Å². The molecule has 2 amide bonds. The average Bonchev–Trinajstić information content (AvgIpc) is 2.74. The van der Waals surface area contributed by atoms with Crippen LogP contribution in [0.5, 0.6) is 0 Å². The summed E-state index contributed by atoms with van der Waals surface area (Å²) in [6, 6.07) is 0.0731. The molecule has 122 valence electrons. The van der Waals surface area contributed by atoms with E-state index < -0.39 is 0 Å². The molecule has 2 aliphatic carbocycles. The Balaban J connectivity index is 1.83. The number of nitrogens with one attached hydrogen (secondary N) is 1. The van der Waals surface area contributed by atoms with Gasteiger partial charge in [0, 0.05) is 26.6 Å². The molecule has 2 rings (SSSR count). The molecule has 0 aromatic heterocycles. The van der Waals surface area contributed by atoms with Gasteiger partial charge in [-0.3, -0.25) is 0 Å². The number of carbonyl (C=O) groups excluding carboxylic acids is 1. The highest BCUT2D eigenvalue weighted by molar-refractivity contribution is 5.74. The quantitative estimate of drug-likeness (QED) is 0.782. The highest BCUT2D eigenvalue weighted by Crippen LogP contribution is 2.26. The predicted octanol–water partition coefficient (Wildman–Crippen LogP) is 2.14. The summed E-state index contributed by atoms with van der Waals surface area (Å²) in [5.41, 5.74) is 0. The summed E-state index contributed by atoms with van der Waals surface area (Å²) < 4.78 is 5.54. The molecule has 0 spiro atoms. The third-order valence-electron chi connectivity index (χ3n) is 5.04. The first-order valence-corrected chi connectivity index (χ1v) is 8.34. The molecule has 2 saturated carbocycles. The van der Waals surface area contributed by atoms with E-state index in [0.717, 1.165) is 38.5 Å². The molecule has 0 radical (unpaired) electrons. The second-order valence-corrected chi connectivity index (χ2v) is 6.61. The number of nitrogens with zero attached hydrogens (tertiary/aromatic N) is 1. The molecule has 0 bridgehead atoms. The van der Waals surface area contributed by atoms with Crippen LogP contribution in [0, 0.1) is 5.92 Å². The van der Waals surface area contributed by atoms with Gasteiger partial charge in [0.15, 0.2) is 0 Å². The monoisotopic (exact) mass is 298 g/mol. The number of hydrogen-bond acceptors (Lipinski definition) is 3. The lowest BCUT2D eigenvalue weighted by Crippen LogP contribution is -2.49. The van der Waals surface area contributed by atoms with E-state index in [9.17, 15) is 9.90 Å². The Hall–Kier alpha value is -0.810.